The molecule has 0 aromatic heterocycles. The predicted octanol–water partition coefficient (Wildman–Crippen LogP) is 2.41. The monoisotopic (exact) mass is 310 g/mol. The molecule has 0 saturated heterocycles. The van der Waals surface area contributed by atoms with Crippen LogP contribution in [0.4, 0.5) is 0 Å². The maximum atomic E-state index is 10.8. The number of carboxylic acid groups (broad SMARTS) is 2. The third-order valence-electron chi connectivity index (χ3n) is 3.71. The zero-order valence-electron chi connectivity index (χ0n) is 12.4. The van der Waals surface area contributed by atoms with Crippen LogP contribution in [0.3, 0.4) is 0 Å². The standard InChI is InChI=1S/C10H10O6.C6H12/c11-3-7-5(9(13)14)1-2-6(10(15)16)8(7)4-12;1-2-4-6-5-3-1/h1-2,11-12H,3-4H2,(H,13,14)(H,15,16);1-6H2. The summed E-state index contributed by atoms with van der Waals surface area (Å²) in [6.07, 6.45) is 9.00. The quantitative estimate of drug-likeness (QED) is 0.679. The van der Waals surface area contributed by atoms with Crippen molar-refractivity contribution >= 4 is 11.9 Å². The molecule has 122 valence electrons. The van der Waals surface area contributed by atoms with Gasteiger partial charge in [-0.05, 0) is 23.3 Å². The van der Waals surface area contributed by atoms with Crippen molar-refractivity contribution in [2.24, 2.45) is 0 Å². The lowest BCUT2D eigenvalue weighted by molar-refractivity contribution is 0.0675. The van der Waals surface area contributed by atoms with E-state index in [1.165, 1.54) is 38.5 Å². The Morgan fingerprint density at radius 1 is 0.727 bits per heavy atom. The Hall–Kier alpha value is -1.92. The zero-order valence-corrected chi connectivity index (χ0v) is 12.4. The fraction of sp³-hybridized carbons (Fsp3) is 0.500. The Balaban J connectivity index is 0.000000335. The normalized spacial score (nSPS) is 13.9. The van der Waals surface area contributed by atoms with Crippen molar-refractivity contribution in [3.8, 4) is 0 Å². The lowest BCUT2D eigenvalue weighted by Gasteiger charge is -2.11. The SMILES string of the molecule is C1CCCCC1.O=C(O)c1ccc(C(=O)O)c(CO)c1CO. The first kappa shape index (κ1) is 18.1. The number of hydrogen-bond donors (Lipinski definition) is 4. The largest absolute Gasteiger partial charge is 0.478 e. The van der Waals surface area contributed by atoms with Gasteiger partial charge in [-0.25, -0.2) is 9.59 Å². The van der Waals surface area contributed by atoms with Crippen LogP contribution in [-0.2, 0) is 13.2 Å². The van der Waals surface area contributed by atoms with Crippen LogP contribution in [0.5, 0.6) is 0 Å². The highest BCUT2D eigenvalue weighted by Crippen LogP contribution is 2.20. The van der Waals surface area contributed by atoms with Crippen LogP contribution in [0.1, 0.15) is 70.4 Å². The van der Waals surface area contributed by atoms with Crippen molar-refractivity contribution in [3.05, 3.63) is 34.4 Å². The molecule has 0 radical (unpaired) electrons. The van der Waals surface area contributed by atoms with E-state index in [2.05, 4.69) is 0 Å². The molecule has 1 fully saturated rings. The number of carbonyl (C=O) groups is 2. The highest BCUT2D eigenvalue weighted by molar-refractivity contribution is 5.94. The Bertz CT molecular complexity index is 467. The second kappa shape index (κ2) is 9.17. The molecule has 2 rings (SSSR count). The molecule has 1 aliphatic carbocycles. The van der Waals surface area contributed by atoms with Crippen molar-refractivity contribution in [1.29, 1.82) is 0 Å². The molecule has 6 nitrogen and oxygen atoms in total. The molecule has 4 N–H and O–H groups in total. The molecule has 0 unspecified atom stereocenters. The first-order chi connectivity index (χ1) is 10.5. The minimum absolute atomic E-state index is 0.0742. The van der Waals surface area contributed by atoms with E-state index in [1.54, 1.807) is 0 Å². The Labute approximate surface area is 129 Å². The van der Waals surface area contributed by atoms with Crippen LogP contribution in [0.25, 0.3) is 0 Å². The van der Waals surface area contributed by atoms with Gasteiger partial charge in [-0.1, -0.05) is 38.5 Å². The van der Waals surface area contributed by atoms with Gasteiger partial charge in [0, 0.05) is 0 Å². The van der Waals surface area contributed by atoms with E-state index in [1.807, 2.05) is 0 Å². The van der Waals surface area contributed by atoms with Gasteiger partial charge in [0.05, 0.1) is 24.3 Å². The minimum atomic E-state index is -1.28. The van der Waals surface area contributed by atoms with Crippen molar-refractivity contribution in [2.75, 3.05) is 0 Å². The molecule has 0 heterocycles. The Kier molecular flexibility index (Phi) is 7.56. The van der Waals surface area contributed by atoms with E-state index >= 15 is 0 Å². The molecule has 0 spiro atoms. The summed E-state index contributed by atoms with van der Waals surface area (Å²) in [4.78, 5) is 21.6. The van der Waals surface area contributed by atoms with Crippen LogP contribution in [0, 0.1) is 0 Å². The number of carboxylic acids is 2. The van der Waals surface area contributed by atoms with Gasteiger partial charge in [0.15, 0.2) is 0 Å². The summed E-state index contributed by atoms with van der Waals surface area (Å²) in [5, 5.41) is 35.6. The van der Waals surface area contributed by atoms with Gasteiger partial charge < -0.3 is 20.4 Å². The van der Waals surface area contributed by atoms with Gasteiger partial charge in [-0.3, -0.25) is 0 Å². The summed E-state index contributed by atoms with van der Waals surface area (Å²) in [6.45, 7) is -1.28. The van der Waals surface area contributed by atoms with E-state index in [-0.39, 0.29) is 22.3 Å². The Morgan fingerprint density at radius 2 is 1.00 bits per heavy atom. The summed E-state index contributed by atoms with van der Waals surface area (Å²) in [5.74, 6) is -2.56. The highest BCUT2D eigenvalue weighted by atomic mass is 16.4. The molecule has 0 atom stereocenters. The molecule has 6 heteroatoms. The number of aromatic carboxylic acids is 2. The third kappa shape index (κ3) is 4.82. The van der Waals surface area contributed by atoms with Crippen LogP contribution >= 0.6 is 0 Å². The molecule has 1 aromatic carbocycles. The summed E-state index contributed by atoms with van der Waals surface area (Å²) in [5.41, 5.74) is -0.571. The zero-order chi connectivity index (χ0) is 16.5. The van der Waals surface area contributed by atoms with Crippen molar-refractivity contribution < 1.29 is 30.0 Å². The predicted molar refractivity (Wildman–Crippen MR) is 79.9 cm³/mol. The molecular weight excluding hydrogens is 288 g/mol. The second-order valence-corrected chi connectivity index (χ2v) is 5.17. The van der Waals surface area contributed by atoms with E-state index in [9.17, 15) is 9.59 Å². The second-order valence-electron chi connectivity index (χ2n) is 5.17. The lowest BCUT2D eigenvalue weighted by atomic mass is 9.96. The minimum Gasteiger partial charge on any atom is -0.478 e. The molecule has 0 bridgehead atoms. The number of rotatable bonds is 4. The first-order valence-electron chi connectivity index (χ1n) is 7.36. The molecular formula is C16H22O6. The van der Waals surface area contributed by atoms with E-state index in [0.717, 1.165) is 12.1 Å². The fourth-order valence-electron chi connectivity index (χ4n) is 2.52. The average Bonchev–Trinajstić information content (AvgIpc) is 2.55. The summed E-state index contributed by atoms with van der Waals surface area (Å²) >= 11 is 0. The summed E-state index contributed by atoms with van der Waals surface area (Å²) in [6, 6.07) is 2.19. The van der Waals surface area contributed by atoms with Gasteiger partial charge in [0.1, 0.15) is 0 Å². The van der Waals surface area contributed by atoms with Crippen LogP contribution < -0.4 is 0 Å². The number of aliphatic hydroxyl groups is 2. The van der Waals surface area contributed by atoms with Crippen molar-refractivity contribution in [2.45, 2.75) is 51.7 Å². The molecule has 22 heavy (non-hydrogen) atoms. The van der Waals surface area contributed by atoms with Crippen molar-refractivity contribution in [3.63, 3.8) is 0 Å². The molecule has 0 amide bonds. The lowest BCUT2D eigenvalue weighted by Crippen LogP contribution is -2.12. The first-order valence-corrected chi connectivity index (χ1v) is 7.36. The fourth-order valence-corrected chi connectivity index (χ4v) is 2.52. The smallest absolute Gasteiger partial charge is 0.336 e. The summed E-state index contributed by atoms with van der Waals surface area (Å²) < 4.78 is 0. The van der Waals surface area contributed by atoms with Crippen molar-refractivity contribution in [1.82, 2.24) is 0 Å². The van der Waals surface area contributed by atoms with Crippen LogP contribution in [0.15, 0.2) is 12.1 Å². The van der Waals surface area contributed by atoms with E-state index in [4.69, 9.17) is 20.4 Å². The molecule has 1 saturated carbocycles. The number of hydrogen-bond acceptors (Lipinski definition) is 4. The van der Waals surface area contributed by atoms with E-state index < -0.39 is 25.2 Å². The maximum absolute atomic E-state index is 10.8. The van der Waals surface area contributed by atoms with Gasteiger partial charge >= 0.3 is 11.9 Å². The molecule has 1 aromatic rings. The van der Waals surface area contributed by atoms with Crippen LogP contribution in [0.2, 0.25) is 0 Å². The van der Waals surface area contributed by atoms with Gasteiger partial charge in [-0.15, -0.1) is 0 Å². The summed E-state index contributed by atoms with van der Waals surface area (Å²) in [7, 11) is 0. The number of aliphatic hydroxyl groups excluding tert-OH is 2. The van der Waals surface area contributed by atoms with Gasteiger partial charge in [0.25, 0.3) is 0 Å². The molecule has 1 aliphatic rings. The average molecular weight is 310 g/mol. The number of benzene rings is 1. The van der Waals surface area contributed by atoms with Gasteiger partial charge in [0.2, 0.25) is 0 Å². The maximum Gasteiger partial charge on any atom is 0.336 e. The Morgan fingerprint density at radius 3 is 1.18 bits per heavy atom. The molecule has 0 aliphatic heterocycles. The van der Waals surface area contributed by atoms with Gasteiger partial charge in [-0.2, -0.15) is 0 Å². The topological polar surface area (TPSA) is 115 Å². The third-order valence-corrected chi connectivity index (χ3v) is 3.71. The van der Waals surface area contributed by atoms with E-state index in [0.29, 0.717) is 0 Å². The van der Waals surface area contributed by atoms with Crippen LogP contribution in [-0.4, -0.2) is 32.4 Å². The highest BCUT2D eigenvalue weighted by Gasteiger charge is 2.19.